The highest BCUT2D eigenvalue weighted by Gasteiger charge is 2.18. The Morgan fingerprint density at radius 1 is 1.47 bits per heavy atom. The number of rotatable bonds is 5. The summed E-state index contributed by atoms with van der Waals surface area (Å²) in [4.78, 5) is 2.44. The van der Waals surface area contributed by atoms with Crippen LogP contribution in [0.15, 0.2) is 12.3 Å². The summed E-state index contributed by atoms with van der Waals surface area (Å²) in [6.45, 7) is 1.96. The molecular weight excluding hydrogens is 236 g/mol. The predicted molar refractivity (Wildman–Crippen MR) is 70.4 cm³/mol. The molecule has 0 amide bonds. The standard InChI is InChI=1S/C12H19ClN4/c1-17(11-4-2-3-5-11)7-6-14-10-8-12(13)16-15-9-10/h8-9,11H,2-7H2,1H3,(H,14,16). The molecule has 5 heteroatoms. The quantitative estimate of drug-likeness (QED) is 0.876. The third kappa shape index (κ3) is 3.82. The van der Waals surface area contributed by atoms with Crippen LogP contribution in [0.25, 0.3) is 0 Å². The molecule has 1 aliphatic rings. The van der Waals surface area contributed by atoms with Crippen molar-refractivity contribution in [2.24, 2.45) is 0 Å². The van der Waals surface area contributed by atoms with Crippen LogP contribution in [0.4, 0.5) is 5.69 Å². The summed E-state index contributed by atoms with van der Waals surface area (Å²) in [5, 5.41) is 11.3. The van der Waals surface area contributed by atoms with Crippen molar-refractivity contribution in [3.05, 3.63) is 17.4 Å². The molecule has 1 heterocycles. The van der Waals surface area contributed by atoms with Crippen molar-refractivity contribution in [3.63, 3.8) is 0 Å². The molecule has 1 aromatic rings. The molecule has 0 bridgehead atoms. The topological polar surface area (TPSA) is 41.0 Å². The Kier molecular flexibility index (Phi) is 4.57. The number of nitrogens with zero attached hydrogens (tertiary/aromatic N) is 3. The van der Waals surface area contributed by atoms with Crippen LogP contribution in [0.2, 0.25) is 5.15 Å². The van der Waals surface area contributed by atoms with Crippen LogP contribution < -0.4 is 5.32 Å². The third-order valence-corrected chi connectivity index (χ3v) is 3.55. The SMILES string of the molecule is CN(CCNc1cnnc(Cl)c1)C1CCCC1. The van der Waals surface area contributed by atoms with Crippen molar-refractivity contribution in [1.82, 2.24) is 15.1 Å². The van der Waals surface area contributed by atoms with Gasteiger partial charge in [-0.15, -0.1) is 5.10 Å². The third-order valence-electron chi connectivity index (χ3n) is 3.37. The Morgan fingerprint density at radius 3 is 2.94 bits per heavy atom. The maximum absolute atomic E-state index is 5.77. The lowest BCUT2D eigenvalue weighted by Crippen LogP contribution is -2.33. The summed E-state index contributed by atoms with van der Waals surface area (Å²) in [5.74, 6) is 0. The van der Waals surface area contributed by atoms with Crippen LogP contribution in [0, 0.1) is 0 Å². The van der Waals surface area contributed by atoms with Gasteiger partial charge in [0.2, 0.25) is 0 Å². The molecule has 0 unspecified atom stereocenters. The minimum atomic E-state index is 0.430. The molecule has 1 aromatic heterocycles. The first-order valence-corrected chi connectivity index (χ1v) is 6.56. The molecule has 4 nitrogen and oxygen atoms in total. The molecule has 94 valence electrons. The fourth-order valence-electron chi connectivity index (χ4n) is 2.34. The highest BCUT2D eigenvalue weighted by atomic mass is 35.5. The van der Waals surface area contributed by atoms with Crippen molar-refractivity contribution >= 4 is 17.3 Å². The summed E-state index contributed by atoms with van der Waals surface area (Å²) in [5.41, 5.74) is 0.935. The number of aromatic nitrogens is 2. The van der Waals surface area contributed by atoms with Crippen molar-refractivity contribution in [1.29, 1.82) is 0 Å². The van der Waals surface area contributed by atoms with Gasteiger partial charge in [0.15, 0.2) is 5.15 Å². The number of anilines is 1. The smallest absolute Gasteiger partial charge is 0.153 e. The first-order chi connectivity index (χ1) is 8.25. The Hall–Kier alpha value is -0.870. The second kappa shape index (κ2) is 6.17. The van der Waals surface area contributed by atoms with E-state index in [4.69, 9.17) is 11.6 Å². The first kappa shape index (κ1) is 12.6. The predicted octanol–water partition coefficient (Wildman–Crippen LogP) is 2.42. The Balaban J connectivity index is 1.71. The van der Waals surface area contributed by atoms with Gasteiger partial charge < -0.3 is 10.2 Å². The van der Waals surface area contributed by atoms with E-state index in [-0.39, 0.29) is 0 Å². The lowest BCUT2D eigenvalue weighted by atomic mass is 10.2. The minimum absolute atomic E-state index is 0.430. The fourth-order valence-corrected chi connectivity index (χ4v) is 2.50. The van der Waals surface area contributed by atoms with Crippen LogP contribution in [-0.4, -0.2) is 41.3 Å². The maximum atomic E-state index is 5.77. The van der Waals surface area contributed by atoms with Gasteiger partial charge in [-0.05, 0) is 19.9 Å². The minimum Gasteiger partial charge on any atom is -0.382 e. The number of likely N-dealkylation sites (N-methyl/N-ethyl adjacent to an activating group) is 1. The molecular formula is C12H19ClN4. The molecule has 0 spiro atoms. The molecule has 0 aliphatic heterocycles. The molecule has 1 aliphatic carbocycles. The van der Waals surface area contributed by atoms with E-state index in [0.29, 0.717) is 5.15 Å². The Labute approximate surface area is 107 Å². The molecule has 1 fully saturated rings. The van der Waals surface area contributed by atoms with Crippen LogP contribution in [0.3, 0.4) is 0 Å². The van der Waals surface area contributed by atoms with E-state index >= 15 is 0 Å². The van der Waals surface area contributed by atoms with E-state index in [1.807, 2.05) is 0 Å². The summed E-state index contributed by atoms with van der Waals surface area (Å²) < 4.78 is 0. The van der Waals surface area contributed by atoms with Crippen molar-refractivity contribution in [2.75, 3.05) is 25.5 Å². The van der Waals surface area contributed by atoms with Gasteiger partial charge in [-0.1, -0.05) is 24.4 Å². The summed E-state index contributed by atoms with van der Waals surface area (Å²) in [7, 11) is 2.20. The van der Waals surface area contributed by atoms with E-state index in [1.54, 1.807) is 12.3 Å². The second-order valence-corrected chi connectivity index (χ2v) is 5.00. The lowest BCUT2D eigenvalue weighted by molar-refractivity contribution is 0.254. The van der Waals surface area contributed by atoms with E-state index < -0.39 is 0 Å². The van der Waals surface area contributed by atoms with Gasteiger partial charge in [0, 0.05) is 25.2 Å². The van der Waals surface area contributed by atoms with E-state index in [0.717, 1.165) is 24.8 Å². The molecule has 0 radical (unpaired) electrons. The average Bonchev–Trinajstić information content (AvgIpc) is 2.82. The number of hydrogen-bond acceptors (Lipinski definition) is 4. The van der Waals surface area contributed by atoms with Crippen molar-refractivity contribution < 1.29 is 0 Å². The molecule has 0 atom stereocenters. The van der Waals surface area contributed by atoms with Gasteiger partial charge in [0.25, 0.3) is 0 Å². The summed E-state index contributed by atoms with van der Waals surface area (Å²) in [6, 6.07) is 2.57. The maximum Gasteiger partial charge on any atom is 0.153 e. The zero-order chi connectivity index (χ0) is 12.1. The normalized spacial score (nSPS) is 16.6. The highest BCUT2D eigenvalue weighted by Crippen LogP contribution is 2.22. The van der Waals surface area contributed by atoms with E-state index in [2.05, 4.69) is 27.5 Å². The zero-order valence-corrected chi connectivity index (χ0v) is 11.0. The summed E-state index contributed by atoms with van der Waals surface area (Å²) >= 11 is 5.77. The molecule has 17 heavy (non-hydrogen) atoms. The van der Waals surface area contributed by atoms with Gasteiger partial charge in [-0.3, -0.25) is 0 Å². The van der Waals surface area contributed by atoms with E-state index in [1.165, 1.54) is 25.7 Å². The average molecular weight is 255 g/mol. The van der Waals surface area contributed by atoms with Crippen LogP contribution in [0.1, 0.15) is 25.7 Å². The Bertz CT molecular complexity index is 352. The van der Waals surface area contributed by atoms with E-state index in [9.17, 15) is 0 Å². The molecule has 0 saturated heterocycles. The van der Waals surface area contributed by atoms with Gasteiger partial charge in [0.1, 0.15) is 0 Å². The lowest BCUT2D eigenvalue weighted by Gasteiger charge is -2.24. The molecule has 0 aromatic carbocycles. The van der Waals surface area contributed by atoms with Crippen LogP contribution in [-0.2, 0) is 0 Å². The molecule has 2 rings (SSSR count). The number of nitrogens with one attached hydrogen (secondary N) is 1. The van der Waals surface area contributed by atoms with Gasteiger partial charge >= 0.3 is 0 Å². The van der Waals surface area contributed by atoms with Crippen LogP contribution in [0.5, 0.6) is 0 Å². The Morgan fingerprint density at radius 2 is 2.24 bits per heavy atom. The summed E-state index contributed by atoms with van der Waals surface area (Å²) in [6.07, 6.45) is 7.15. The van der Waals surface area contributed by atoms with Gasteiger partial charge in [0.05, 0.1) is 11.9 Å². The fraction of sp³-hybridized carbons (Fsp3) is 0.667. The number of halogens is 1. The first-order valence-electron chi connectivity index (χ1n) is 6.18. The van der Waals surface area contributed by atoms with Gasteiger partial charge in [-0.2, -0.15) is 5.10 Å². The highest BCUT2D eigenvalue weighted by molar-refractivity contribution is 6.29. The molecule has 1 N–H and O–H groups in total. The zero-order valence-electron chi connectivity index (χ0n) is 10.2. The second-order valence-electron chi connectivity index (χ2n) is 4.61. The molecule has 1 saturated carbocycles. The van der Waals surface area contributed by atoms with Crippen molar-refractivity contribution in [3.8, 4) is 0 Å². The monoisotopic (exact) mass is 254 g/mol. The van der Waals surface area contributed by atoms with Crippen LogP contribution >= 0.6 is 11.6 Å². The van der Waals surface area contributed by atoms with Crippen molar-refractivity contribution in [2.45, 2.75) is 31.7 Å². The number of hydrogen-bond donors (Lipinski definition) is 1. The largest absolute Gasteiger partial charge is 0.382 e. The van der Waals surface area contributed by atoms with Gasteiger partial charge in [-0.25, -0.2) is 0 Å².